The van der Waals surface area contributed by atoms with Crippen LogP contribution in [0, 0.1) is 0 Å². The van der Waals surface area contributed by atoms with Gasteiger partial charge in [-0.05, 0) is 25.0 Å². The molecule has 9 heteroatoms. The third-order valence-corrected chi connectivity index (χ3v) is 5.58. The molecule has 0 radical (unpaired) electrons. The maximum Gasteiger partial charge on any atom is 0.416 e. The fraction of sp³-hybridized carbons (Fsp3) is 0.444. The molecule has 1 atom stereocenters. The van der Waals surface area contributed by atoms with E-state index in [0.717, 1.165) is 29.5 Å². The Morgan fingerprint density at radius 1 is 1.26 bits per heavy atom. The van der Waals surface area contributed by atoms with Crippen molar-refractivity contribution in [2.24, 2.45) is 0 Å². The molecule has 2 saturated heterocycles. The summed E-state index contributed by atoms with van der Waals surface area (Å²) in [7, 11) is 0. The average Bonchev–Trinajstić information content (AvgIpc) is 3.34. The molecule has 2 aliphatic rings. The Morgan fingerprint density at radius 2 is 2.11 bits per heavy atom. The Kier molecular flexibility index (Phi) is 5.13. The number of thioether (sulfide) groups is 1. The lowest BCUT2D eigenvalue weighted by molar-refractivity contribution is -0.125. The first-order chi connectivity index (χ1) is 13.1. The number of hydrogen-bond acceptors (Lipinski definition) is 7. The second kappa shape index (κ2) is 7.69. The lowest BCUT2D eigenvalue weighted by atomic mass is 10.2. The zero-order valence-electron chi connectivity index (χ0n) is 14.6. The number of ether oxygens (including phenoxy) is 2. The number of para-hydroxylation sites is 1. The van der Waals surface area contributed by atoms with Gasteiger partial charge in [0, 0.05) is 6.61 Å². The zero-order chi connectivity index (χ0) is 18.8. The number of cyclic esters (lactones) is 1. The van der Waals surface area contributed by atoms with Gasteiger partial charge in [-0.1, -0.05) is 23.9 Å². The zero-order valence-corrected chi connectivity index (χ0v) is 15.4. The molecule has 8 nitrogen and oxygen atoms in total. The van der Waals surface area contributed by atoms with Crippen molar-refractivity contribution in [1.82, 2.24) is 14.5 Å². The topological polar surface area (TPSA) is 90.7 Å². The van der Waals surface area contributed by atoms with Gasteiger partial charge < -0.3 is 9.47 Å². The molecule has 2 aliphatic heterocycles. The summed E-state index contributed by atoms with van der Waals surface area (Å²) in [6.07, 6.45) is 1.21. The number of hydrogen-bond donors (Lipinski definition) is 0. The van der Waals surface area contributed by atoms with E-state index in [1.807, 2.05) is 6.07 Å². The standard InChI is InChI=1S/C18H19N3O5S/c22-15(20-7-9-26-18(20)24)11-27-17-19-14-6-2-1-5-13(14)16(23)21(17)10-12-4-3-8-25-12/h1-2,5-6,12H,3-4,7-11H2/t12-/m1/s1. The van der Waals surface area contributed by atoms with Gasteiger partial charge in [-0.2, -0.15) is 0 Å². The average molecular weight is 389 g/mol. The Labute approximate surface area is 159 Å². The van der Waals surface area contributed by atoms with Crippen molar-refractivity contribution in [3.63, 3.8) is 0 Å². The lowest BCUT2D eigenvalue weighted by Gasteiger charge is -2.17. The van der Waals surface area contributed by atoms with E-state index in [1.165, 1.54) is 0 Å². The molecule has 27 heavy (non-hydrogen) atoms. The third kappa shape index (κ3) is 3.70. The highest BCUT2D eigenvalue weighted by Crippen LogP contribution is 2.21. The van der Waals surface area contributed by atoms with Gasteiger partial charge in [0.05, 0.1) is 35.8 Å². The van der Waals surface area contributed by atoms with Crippen LogP contribution < -0.4 is 5.56 Å². The summed E-state index contributed by atoms with van der Waals surface area (Å²) in [4.78, 5) is 42.5. The first-order valence-corrected chi connectivity index (χ1v) is 9.83. The molecule has 0 unspecified atom stereocenters. The minimum atomic E-state index is -0.621. The van der Waals surface area contributed by atoms with Crippen molar-refractivity contribution in [2.45, 2.75) is 30.6 Å². The number of fused-ring (bicyclic) bond motifs is 1. The predicted octanol–water partition coefficient (Wildman–Crippen LogP) is 1.65. The molecule has 2 amide bonds. The quantitative estimate of drug-likeness (QED) is 0.567. The van der Waals surface area contributed by atoms with Crippen molar-refractivity contribution < 1.29 is 19.1 Å². The minimum Gasteiger partial charge on any atom is -0.447 e. The van der Waals surface area contributed by atoms with E-state index < -0.39 is 6.09 Å². The van der Waals surface area contributed by atoms with E-state index >= 15 is 0 Å². The first-order valence-electron chi connectivity index (χ1n) is 8.84. The summed E-state index contributed by atoms with van der Waals surface area (Å²) in [6, 6.07) is 7.14. The molecule has 0 N–H and O–H groups in total. The number of aromatic nitrogens is 2. The molecule has 0 spiro atoms. The van der Waals surface area contributed by atoms with E-state index in [0.29, 0.717) is 29.2 Å². The number of carbonyl (C=O) groups excluding carboxylic acids is 2. The number of rotatable bonds is 5. The van der Waals surface area contributed by atoms with E-state index in [2.05, 4.69) is 4.98 Å². The van der Waals surface area contributed by atoms with Crippen LogP contribution in [0.2, 0.25) is 0 Å². The van der Waals surface area contributed by atoms with Gasteiger partial charge in [-0.3, -0.25) is 14.2 Å². The van der Waals surface area contributed by atoms with E-state index in [9.17, 15) is 14.4 Å². The van der Waals surface area contributed by atoms with Crippen LogP contribution in [-0.2, 0) is 20.8 Å². The van der Waals surface area contributed by atoms with Gasteiger partial charge in [0.2, 0.25) is 5.91 Å². The molecule has 0 bridgehead atoms. The van der Waals surface area contributed by atoms with Crippen LogP contribution >= 0.6 is 11.8 Å². The second-order valence-electron chi connectivity index (χ2n) is 6.41. The highest BCUT2D eigenvalue weighted by atomic mass is 32.2. The van der Waals surface area contributed by atoms with Crippen molar-refractivity contribution in [1.29, 1.82) is 0 Å². The van der Waals surface area contributed by atoms with E-state index in [1.54, 1.807) is 22.8 Å². The number of nitrogens with zero attached hydrogens (tertiary/aromatic N) is 3. The highest BCUT2D eigenvalue weighted by molar-refractivity contribution is 7.99. The molecular weight excluding hydrogens is 370 g/mol. The van der Waals surface area contributed by atoms with Crippen LogP contribution in [0.4, 0.5) is 4.79 Å². The Bertz CT molecular complexity index is 938. The Hall–Kier alpha value is -2.39. The molecule has 3 heterocycles. The van der Waals surface area contributed by atoms with Gasteiger partial charge in [-0.25, -0.2) is 14.7 Å². The Morgan fingerprint density at radius 3 is 2.85 bits per heavy atom. The highest BCUT2D eigenvalue weighted by Gasteiger charge is 2.29. The predicted molar refractivity (Wildman–Crippen MR) is 98.8 cm³/mol. The molecule has 2 aromatic rings. The largest absolute Gasteiger partial charge is 0.447 e. The van der Waals surface area contributed by atoms with Crippen LogP contribution in [-0.4, -0.2) is 58.1 Å². The van der Waals surface area contributed by atoms with E-state index in [-0.39, 0.29) is 36.5 Å². The summed E-state index contributed by atoms with van der Waals surface area (Å²) in [5, 5.41) is 0.990. The number of benzene rings is 1. The van der Waals surface area contributed by atoms with Crippen LogP contribution in [0.15, 0.2) is 34.2 Å². The maximum absolute atomic E-state index is 13.0. The van der Waals surface area contributed by atoms with Crippen LogP contribution in [0.1, 0.15) is 12.8 Å². The van der Waals surface area contributed by atoms with Crippen molar-refractivity contribution in [2.75, 3.05) is 25.5 Å². The summed E-state index contributed by atoms with van der Waals surface area (Å²) in [6.45, 7) is 1.57. The van der Waals surface area contributed by atoms with Crippen molar-refractivity contribution >= 4 is 34.7 Å². The number of carbonyl (C=O) groups is 2. The summed E-state index contributed by atoms with van der Waals surface area (Å²) >= 11 is 1.15. The third-order valence-electron chi connectivity index (χ3n) is 4.62. The number of amides is 2. The number of imide groups is 1. The van der Waals surface area contributed by atoms with Crippen molar-refractivity contribution in [3.05, 3.63) is 34.6 Å². The summed E-state index contributed by atoms with van der Waals surface area (Å²) < 4.78 is 12.0. The minimum absolute atomic E-state index is 0.00536. The van der Waals surface area contributed by atoms with Gasteiger partial charge in [0.25, 0.3) is 5.56 Å². The van der Waals surface area contributed by atoms with Crippen molar-refractivity contribution in [3.8, 4) is 0 Å². The normalized spacial score (nSPS) is 19.6. The van der Waals surface area contributed by atoms with Crippen LogP contribution in [0.3, 0.4) is 0 Å². The fourth-order valence-electron chi connectivity index (χ4n) is 3.23. The Balaban J connectivity index is 1.62. The van der Waals surface area contributed by atoms with Gasteiger partial charge in [0.1, 0.15) is 6.61 Å². The monoisotopic (exact) mass is 389 g/mol. The van der Waals surface area contributed by atoms with Gasteiger partial charge in [0.15, 0.2) is 5.16 Å². The molecule has 1 aromatic heterocycles. The van der Waals surface area contributed by atoms with Crippen LogP contribution in [0.25, 0.3) is 10.9 Å². The smallest absolute Gasteiger partial charge is 0.416 e. The lowest BCUT2D eigenvalue weighted by Crippen LogP contribution is -2.33. The first kappa shape index (κ1) is 18.0. The summed E-state index contributed by atoms with van der Waals surface area (Å²) in [5.74, 6) is -0.348. The molecule has 1 aromatic carbocycles. The molecule has 0 saturated carbocycles. The van der Waals surface area contributed by atoms with Gasteiger partial charge >= 0.3 is 6.09 Å². The summed E-state index contributed by atoms with van der Waals surface area (Å²) in [5.41, 5.74) is 0.438. The second-order valence-corrected chi connectivity index (χ2v) is 7.35. The molecule has 2 fully saturated rings. The maximum atomic E-state index is 13.0. The molecular formula is C18H19N3O5S. The van der Waals surface area contributed by atoms with Crippen LogP contribution in [0.5, 0.6) is 0 Å². The fourth-order valence-corrected chi connectivity index (χ4v) is 4.12. The molecule has 0 aliphatic carbocycles. The molecule has 4 rings (SSSR count). The SMILES string of the molecule is O=C(CSc1nc2ccccc2c(=O)n1C[C@H]1CCCO1)N1CCOC1=O. The van der Waals surface area contributed by atoms with E-state index in [4.69, 9.17) is 9.47 Å². The molecule has 142 valence electrons. The van der Waals surface area contributed by atoms with Gasteiger partial charge in [-0.15, -0.1) is 0 Å².